The zero-order valence-electron chi connectivity index (χ0n) is 12.5. The highest BCUT2D eigenvalue weighted by molar-refractivity contribution is 5.96. The van der Waals surface area contributed by atoms with Crippen LogP contribution in [0.3, 0.4) is 0 Å². The van der Waals surface area contributed by atoms with Gasteiger partial charge in [-0.05, 0) is 29.7 Å². The standard InChI is InChI=1S/C18H18N2O2/c1-4-10-20(13-14(3)5-2)17-8-6-15(7-9-17)11-16(12-19)18(21)22/h1,5-9,11,14H,2,10,13H2,3H3,(H,21,22)/b16-11+. The molecule has 1 aromatic rings. The average molecular weight is 294 g/mol. The van der Waals surface area contributed by atoms with Crippen LogP contribution in [0.1, 0.15) is 12.5 Å². The molecule has 1 atom stereocenters. The number of hydrogen-bond acceptors (Lipinski definition) is 3. The minimum atomic E-state index is -1.24. The number of terminal acetylenes is 1. The van der Waals surface area contributed by atoms with Crippen LogP contribution in [-0.2, 0) is 4.79 Å². The second-order valence-electron chi connectivity index (χ2n) is 4.86. The van der Waals surface area contributed by atoms with Crippen LogP contribution in [0.15, 0.2) is 42.5 Å². The van der Waals surface area contributed by atoms with Crippen molar-refractivity contribution < 1.29 is 9.90 Å². The van der Waals surface area contributed by atoms with E-state index in [1.165, 1.54) is 6.08 Å². The molecule has 4 heteroatoms. The van der Waals surface area contributed by atoms with E-state index < -0.39 is 5.97 Å². The number of hydrogen-bond donors (Lipinski definition) is 1. The molecule has 1 aromatic carbocycles. The maximum atomic E-state index is 10.8. The molecule has 22 heavy (non-hydrogen) atoms. The predicted octanol–water partition coefficient (Wildman–Crippen LogP) is 2.94. The summed E-state index contributed by atoms with van der Waals surface area (Å²) in [5.74, 6) is 1.69. The van der Waals surface area contributed by atoms with Gasteiger partial charge in [-0.2, -0.15) is 5.26 Å². The van der Waals surface area contributed by atoms with E-state index in [0.29, 0.717) is 18.0 Å². The molecular formula is C18H18N2O2. The number of anilines is 1. The summed E-state index contributed by atoms with van der Waals surface area (Å²) in [6.07, 6.45) is 8.61. The largest absolute Gasteiger partial charge is 0.477 e. The van der Waals surface area contributed by atoms with Gasteiger partial charge in [0.1, 0.15) is 11.6 Å². The zero-order chi connectivity index (χ0) is 16.5. The summed E-state index contributed by atoms with van der Waals surface area (Å²) in [6.45, 7) is 7.05. The van der Waals surface area contributed by atoms with Crippen LogP contribution in [-0.4, -0.2) is 24.2 Å². The van der Waals surface area contributed by atoms with Crippen molar-refractivity contribution in [1.29, 1.82) is 5.26 Å². The van der Waals surface area contributed by atoms with Crippen molar-refractivity contribution in [3.63, 3.8) is 0 Å². The third-order valence-electron chi connectivity index (χ3n) is 3.11. The normalized spacial score (nSPS) is 11.9. The predicted molar refractivity (Wildman–Crippen MR) is 88.1 cm³/mol. The van der Waals surface area contributed by atoms with Crippen molar-refractivity contribution in [3.8, 4) is 18.4 Å². The molecule has 112 valence electrons. The van der Waals surface area contributed by atoms with Gasteiger partial charge in [0.05, 0.1) is 6.54 Å². The molecule has 0 aliphatic carbocycles. The quantitative estimate of drug-likeness (QED) is 0.363. The lowest BCUT2D eigenvalue weighted by atomic mass is 10.1. The van der Waals surface area contributed by atoms with E-state index in [0.717, 1.165) is 12.2 Å². The number of nitriles is 1. The summed E-state index contributed by atoms with van der Waals surface area (Å²) in [6, 6.07) is 8.89. The van der Waals surface area contributed by atoms with Crippen LogP contribution in [0.2, 0.25) is 0 Å². The SMILES string of the molecule is C#CCN(CC(C)C=C)c1ccc(/C=C(\C#N)C(=O)O)cc1. The number of carboxylic acids is 1. The first-order chi connectivity index (χ1) is 10.5. The second kappa shape index (κ2) is 8.34. The highest BCUT2D eigenvalue weighted by Gasteiger charge is 2.09. The van der Waals surface area contributed by atoms with Crippen molar-refractivity contribution in [2.75, 3.05) is 18.0 Å². The first-order valence-electron chi connectivity index (χ1n) is 6.78. The van der Waals surface area contributed by atoms with E-state index in [1.807, 2.05) is 23.1 Å². The maximum Gasteiger partial charge on any atom is 0.346 e. The molecule has 1 unspecified atom stereocenters. The van der Waals surface area contributed by atoms with E-state index in [9.17, 15) is 4.79 Å². The Morgan fingerprint density at radius 3 is 2.59 bits per heavy atom. The summed E-state index contributed by atoms with van der Waals surface area (Å²) in [7, 11) is 0. The summed E-state index contributed by atoms with van der Waals surface area (Å²) < 4.78 is 0. The monoisotopic (exact) mass is 294 g/mol. The van der Waals surface area contributed by atoms with Gasteiger partial charge in [-0.1, -0.05) is 31.1 Å². The number of nitrogens with zero attached hydrogens (tertiary/aromatic N) is 2. The molecule has 0 aliphatic rings. The molecule has 1 rings (SSSR count). The second-order valence-corrected chi connectivity index (χ2v) is 4.86. The van der Waals surface area contributed by atoms with Crippen LogP contribution in [0.25, 0.3) is 6.08 Å². The van der Waals surface area contributed by atoms with E-state index in [-0.39, 0.29) is 5.57 Å². The minimum Gasteiger partial charge on any atom is -0.477 e. The molecule has 0 radical (unpaired) electrons. The van der Waals surface area contributed by atoms with Crippen molar-refractivity contribution in [2.24, 2.45) is 5.92 Å². The zero-order valence-corrected chi connectivity index (χ0v) is 12.5. The molecular weight excluding hydrogens is 276 g/mol. The fraction of sp³-hybridized carbons (Fsp3) is 0.222. The highest BCUT2D eigenvalue weighted by Crippen LogP contribution is 2.18. The molecule has 0 amide bonds. The third-order valence-corrected chi connectivity index (χ3v) is 3.11. The van der Waals surface area contributed by atoms with Crippen LogP contribution >= 0.6 is 0 Å². The van der Waals surface area contributed by atoms with E-state index in [4.69, 9.17) is 16.8 Å². The molecule has 0 bridgehead atoms. The van der Waals surface area contributed by atoms with Crippen LogP contribution in [0.4, 0.5) is 5.69 Å². The molecule has 0 spiro atoms. The Morgan fingerprint density at radius 1 is 1.50 bits per heavy atom. The minimum absolute atomic E-state index is 0.296. The van der Waals surface area contributed by atoms with Gasteiger partial charge in [-0.15, -0.1) is 13.0 Å². The van der Waals surface area contributed by atoms with Gasteiger partial charge in [0.2, 0.25) is 0 Å². The molecule has 0 saturated heterocycles. The van der Waals surface area contributed by atoms with Gasteiger partial charge in [-0.25, -0.2) is 4.79 Å². The van der Waals surface area contributed by atoms with Gasteiger partial charge in [0.25, 0.3) is 0 Å². The number of aliphatic carboxylic acids is 1. The molecule has 0 heterocycles. The Morgan fingerprint density at radius 2 is 2.14 bits per heavy atom. The fourth-order valence-electron chi connectivity index (χ4n) is 1.88. The first kappa shape index (κ1) is 17.1. The fourth-order valence-corrected chi connectivity index (χ4v) is 1.88. The molecule has 0 fully saturated rings. The molecule has 0 saturated carbocycles. The van der Waals surface area contributed by atoms with Crippen LogP contribution in [0.5, 0.6) is 0 Å². The maximum absolute atomic E-state index is 10.8. The first-order valence-corrected chi connectivity index (χ1v) is 6.78. The van der Waals surface area contributed by atoms with Gasteiger partial charge >= 0.3 is 5.97 Å². The summed E-state index contributed by atoms with van der Waals surface area (Å²) >= 11 is 0. The van der Waals surface area contributed by atoms with Gasteiger partial charge in [0.15, 0.2) is 0 Å². The Labute approximate surface area is 131 Å². The van der Waals surface area contributed by atoms with Crippen molar-refractivity contribution in [1.82, 2.24) is 0 Å². The van der Waals surface area contributed by atoms with Crippen molar-refractivity contribution in [2.45, 2.75) is 6.92 Å². The van der Waals surface area contributed by atoms with Gasteiger partial charge in [-0.3, -0.25) is 0 Å². The molecule has 4 nitrogen and oxygen atoms in total. The lowest BCUT2D eigenvalue weighted by molar-refractivity contribution is -0.132. The van der Waals surface area contributed by atoms with E-state index in [1.54, 1.807) is 18.2 Å². The Kier molecular flexibility index (Phi) is 6.47. The van der Waals surface area contributed by atoms with Gasteiger partial charge in [0, 0.05) is 12.2 Å². The van der Waals surface area contributed by atoms with Crippen molar-refractivity contribution in [3.05, 3.63) is 48.1 Å². The lowest BCUT2D eigenvalue weighted by Gasteiger charge is -2.24. The van der Waals surface area contributed by atoms with Crippen molar-refractivity contribution >= 4 is 17.7 Å². The summed E-state index contributed by atoms with van der Waals surface area (Å²) in [4.78, 5) is 12.9. The van der Waals surface area contributed by atoms with Gasteiger partial charge < -0.3 is 10.0 Å². The summed E-state index contributed by atoms with van der Waals surface area (Å²) in [5.41, 5.74) is 1.30. The highest BCUT2D eigenvalue weighted by atomic mass is 16.4. The smallest absolute Gasteiger partial charge is 0.346 e. The number of carboxylic acid groups (broad SMARTS) is 1. The lowest BCUT2D eigenvalue weighted by Crippen LogP contribution is -2.28. The Balaban J connectivity index is 2.99. The van der Waals surface area contributed by atoms with E-state index in [2.05, 4.69) is 19.4 Å². The topological polar surface area (TPSA) is 64.3 Å². The van der Waals surface area contributed by atoms with Crippen LogP contribution < -0.4 is 4.90 Å². The molecule has 1 N–H and O–H groups in total. The summed E-state index contributed by atoms with van der Waals surface area (Å²) in [5, 5.41) is 17.6. The third kappa shape index (κ3) is 4.85. The number of rotatable bonds is 7. The molecule has 0 aliphatic heterocycles. The molecule has 0 aromatic heterocycles. The number of carbonyl (C=O) groups is 1. The average Bonchev–Trinajstić information content (AvgIpc) is 2.52. The Bertz CT molecular complexity index is 645. The van der Waals surface area contributed by atoms with E-state index >= 15 is 0 Å². The Hall–Kier alpha value is -2.98. The van der Waals surface area contributed by atoms with Crippen LogP contribution in [0, 0.1) is 29.6 Å². The number of benzene rings is 1.